The predicted molar refractivity (Wildman–Crippen MR) is 102 cm³/mol. The van der Waals surface area contributed by atoms with Gasteiger partial charge < -0.3 is 4.90 Å². The zero-order valence-electron chi connectivity index (χ0n) is 16.1. The number of fused-ring (bicyclic) bond motifs is 1. The quantitative estimate of drug-likeness (QED) is 0.818. The molecule has 0 N–H and O–H groups in total. The average molecular weight is 369 g/mol. The molecule has 27 heavy (non-hydrogen) atoms. The van der Waals surface area contributed by atoms with Crippen molar-refractivity contribution in [2.45, 2.75) is 38.3 Å². The summed E-state index contributed by atoms with van der Waals surface area (Å²) in [5.41, 5.74) is 5.09. The third-order valence-corrected chi connectivity index (χ3v) is 6.25. The minimum Gasteiger partial charge on any atom is -0.326 e. The van der Waals surface area contributed by atoms with Gasteiger partial charge in [0.25, 0.3) is 0 Å². The summed E-state index contributed by atoms with van der Waals surface area (Å²) in [6.07, 6.45) is 8.70. The smallest absolute Gasteiger partial charge is 0.324 e. The van der Waals surface area contributed by atoms with Gasteiger partial charge in [-0.3, -0.25) is 19.2 Å². The number of hydrogen-bond acceptors (Lipinski definition) is 4. The van der Waals surface area contributed by atoms with Crippen molar-refractivity contribution in [1.82, 2.24) is 29.4 Å². The molecule has 2 amide bonds. The second-order valence-corrected chi connectivity index (χ2v) is 8.08. The van der Waals surface area contributed by atoms with Crippen LogP contribution in [-0.2, 0) is 26.4 Å². The van der Waals surface area contributed by atoms with Crippen LogP contribution in [0.5, 0.6) is 0 Å². The molecule has 8 nitrogen and oxygen atoms in total. The van der Waals surface area contributed by atoms with Crippen LogP contribution in [0.2, 0.25) is 0 Å². The maximum atomic E-state index is 12.1. The maximum Gasteiger partial charge on any atom is 0.324 e. The van der Waals surface area contributed by atoms with Crippen molar-refractivity contribution >= 4 is 11.7 Å². The first-order valence-electron chi connectivity index (χ1n) is 9.93. The Bertz CT molecular complexity index is 864. The van der Waals surface area contributed by atoms with E-state index < -0.39 is 0 Å². The highest BCUT2D eigenvalue weighted by Crippen LogP contribution is 2.29. The molecule has 4 heterocycles. The van der Waals surface area contributed by atoms with Crippen LogP contribution >= 0.6 is 0 Å². The number of carbonyl (C=O) groups is 1. The fraction of sp³-hybridized carbons (Fsp3) is 0.632. The van der Waals surface area contributed by atoms with E-state index in [0.717, 1.165) is 44.8 Å². The first kappa shape index (κ1) is 16.8. The molecule has 0 atom stereocenters. The molecule has 1 aliphatic carbocycles. The molecule has 2 aliphatic heterocycles. The molecule has 0 saturated carbocycles. The lowest BCUT2D eigenvalue weighted by atomic mass is 9.95. The Morgan fingerprint density at radius 1 is 1.15 bits per heavy atom. The SMILES string of the molecule is CN1CCN(c2cnn(C3CN(Cc4c5c(nn4C)CCCC5)C3)c2)C1=O. The Morgan fingerprint density at radius 3 is 2.74 bits per heavy atom. The van der Waals surface area contributed by atoms with Gasteiger partial charge in [0.2, 0.25) is 0 Å². The van der Waals surface area contributed by atoms with Crippen LogP contribution in [0, 0.1) is 0 Å². The Morgan fingerprint density at radius 2 is 1.96 bits per heavy atom. The van der Waals surface area contributed by atoms with Crippen LogP contribution < -0.4 is 4.90 Å². The van der Waals surface area contributed by atoms with E-state index in [1.54, 1.807) is 4.90 Å². The normalized spacial score (nSPS) is 21.0. The van der Waals surface area contributed by atoms with E-state index in [1.165, 1.54) is 36.2 Å². The van der Waals surface area contributed by atoms with Crippen LogP contribution in [0.4, 0.5) is 10.5 Å². The molecule has 5 rings (SSSR count). The molecule has 8 heteroatoms. The molecule has 2 saturated heterocycles. The lowest BCUT2D eigenvalue weighted by Crippen LogP contribution is -2.47. The first-order valence-corrected chi connectivity index (χ1v) is 9.93. The van der Waals surface area contributed by atoms with Crippen molar-refractivity contribution in [3.05, 3.63) is 29.3 Å². The fourth-order valence-electron chi connectivity index (χ4n) is 4.55. The Hall–Kier alpha value is -2.35. The molecule has 2 aromatic heterocycles. The highest BCUT2D eigenvalue weighted by molar-refractivity contribution is 5.93. The monoisotopic (exact) mass is 369 g/mol. The van der Waals surface area contributed by atoms with Crippen molar-refractivity contribution < 1.29 is 4.79 Å². The van der Waals surface area contributed by atoms with Gasteiger partial charge in [-0.25, -0.2) is 4.79 Å². The summed E-state index contributed by atoms with van der Waals surface area (Å²) in [5, 5.41) is 9.25. The summed E-state index contributed by atoms with van der Waals surface area (Å²) < 4.78 is 4.11. The molecule has 0 spiro atoms. The van der Waals surface area contributed by atoms with Crippen LogP contribution in [-0.4, -0.2) is 68.6 Å². The Labute approximate surface area is 159 Å². The van der Waals surface area contributed by atoms with Gasteiger partial charge in [0, 0.05) is 53.0 Å². The van der Waals surface area contributed by atoms with E-state index in [9.17, 15) is 4.79 Å². The number of urea groups is 1. The van der Waals surface area contributed by atoms with Crippen molar-refractivity contribution in [2.24, 2.45) is 7.05 Å². The third kappa shape index (κ3) is 2.82. The van der Waals surface area contributed by atoms with Crippen molar-refractivity contribution in [3.8, 4) is 0 Å². The summed E-state index contributed by atoms with van der Waals surface area (Å²) in [6, 6.07) is 0.448. The highest BCUT2D eigenvalue weighted by Gasteiger charge is 2.33. The van der Waals surface area contributed by atoms with Gasteiger partial charge in [0.15, 0.2) is 0 Å². The summed E-state index contributed by atoms with van der Waals surface area (Å²) in [4.78, 5) is 18.2. The Kier molecular flexibility index (Phi) is 3.96. The largest absolute Gasteiger partial charge is 0.326 e. The third-order valence-electron chi connectivity index (χ3n) is 6.25. The fourth-order valence-corrected chi connectivity index (χ4v) is 4.55. The van der Waals surface area contributed by atoms with E-state index in [1.807, 2.05) is 29.0 Å². The van der Waals surface area contributed by atoms with Gasteiger partial charge in [-0.15, -0.1) is 0 Å². The number of amides is 2. The number of carbonyl (C=O) groups excluding carboxylic acids is 1. The second kappa shape index (κ2) is 6.37. The molecular formula is C19H27N7O. The summed E-state index contributed by atoms with van der Waals surface area (Å²) in [5.74, 6) is 0. The van der Waals surface area contributed by atoms with Crippen LogP contribution in [0.1, 0.15) is 35.8 Å². The molecule has 0 unspecified atom stereocenters. The number of nitrogens with zero attached hydrogens (tertiary/aromatic N) is 7. The van der Waals surface area contributed by atoms with E-state index in [0.29, 0.717) is 6.04 Å². The summed E-state index contributed by atoms with van der Waals surface area (Å²) in [6.45, 7) is 4.47. The minimum atomic E-state index is 0.0609. The van der Waals surface area contributed by atoms with Gasteiger partial charge in [-0.1, -0.05) is 0 Å². The molecule has 2 aromatic rings. The summed E-state index contributed by atoms with van der Waals surface area (Å²) >= 11 is 0. The lowest BCUT2D eigenvalue weighted by molar-refractivity contribution is 0.0879. The Balaban J connectivity index is 1.22. The minimum absolute atomic E-state index is 0.0609. The standard InChI is InChI=1S/C19H27N7O/c1-22-7-8-25(19(22)27)14-9-20-26(12-14)15-10-24(11-15)13-18-16-5-3-4-6-17(16)21-23(18)2/h9,12,15H,3-8,10-11,13H2,1-2H3. The van der Waals surface area contributed by atoms with Gasteiger partial charge in [0.05, 0.1) is 29.3 Å². The van der Waals surface area contributed by atoms with Crippen molar-refractivity contribution in [2.75, 3.05) is 38.1 Å². The average Bonchev–Trinajstić information content (AvgIpc) is 3.30. The van der Waals surface area contributed by atoms with Gasteiger partial charge in [0.1, 0.15) is 0 Å². The molecule has 0 bridgehead atoms. The van der Waals surface area contributed by atoms with E-state index in [-0.39, 0.29) is 6.03 Å². The number of hydrogen-bond donors (Lipinski definition) is 0. The second-order valence-electron chi connectivity index (χ2n) is 8.08. The molecule has 0 radical (unpaired) electrons. The maximum absolute atomic E-state index is 12.1. The van der Waals surface area contributed by atoms with Crippen molar-refractivity contribution in [1.29, 1.82) is 0 Å². The number of likely N-dealkylation sites (N-methyl/N-ethyl adjacent to an activating group) is 1. The molecular weight excluding hydrogens is 342 g/mol. The van der Waals surface area contributed by atoms with E-state index >= 15 is 0 Å². The van der Waals surface area contributed by atoms with Gasteiger partial charge >= 0.3 is 6.03 Å². The first-order chi connectivity index (χ1) is 13.1. The lowest BCUT2D eigenvalue weighted by Gasteiger charge is -2.39. The topological polar surface area (TPSA) is 62.4 Å². The molecule has 0 aromatic carbocycles. The van der Waals surface area contributed by atoms with Crippen LogP contribution in [0.3, 0.4) is 0 Å². The predicted octanol–water partition coefficient (Wildman–Crippen LogP) is 1.42. The number of aryl methyl sites for hydroxylation is 2. The van der Waals surface area contributed by atoms with Gasteiger partial charge in [-0.05, 0) is 31.2 Å². The number of likely N-dealkylation sites (tertiary alicyclic amines) is 1. The summed E-state index contributed by atoms with van der Waals surface area (Å²) in [7, 11) is 3.92. The van der Waals surface area contributed by atoms with Gasteiger partial charge in [-0.2, -0.15) is 10.2 Å². The van der Waals surface area contributed by atoms with E-state index in [2.05, 4.69) is 21.7 Å². The zero-order valence-corrected chi connectivity index (χ0v) is 16.1. The molecule has 3 aliphatic rings. The molecule has 144 valence electrons. The van der Waals surface area contributed by atoms with Crippen LogP contribution in [0.15, 0.2) is 12.4 Å². The van der Waals surface area contributed by atoms with E-state index in [4.69, 9.17) is 5.10 Å². The molecule has 2 fully saturated rings. The number of anilines is 1. The number of aromatic nitrogens is 4. The van der Waals surface area contributed by atoms with Crippen LogP contribution in [0.25, 0.3) is 0 Å². The highest BCUT2D eigenvalue weighted by atomic mass is 16.2. The van der Waals surface area contributed by atoms with Crippen molar-refractivity contribution in [3.63, 3.8) is 0 Å². The number of rotatable bonds is 4. The zero-order chi connectivity index (χ0) is 18.5.